The van der Waals surface area contributed by atoms with Gasteiger partial charge in [-0.2, -0.15) is 0 Å². The number of nitrogens with one attached hydrogen (secondary N) is 1. The van der Waals surface area contributed by atoms with Crippen LogP contribution in [0.2, 0.25) is 5.02 Å². The summed E-state index contributed by atoms with van der Waals surface area (Å²) in [5.41, 5.74) is 0.884. The second kappa shape index (κ2) is 5.57. The first kappa shape index (κ1) is 15.3. The fraction of sp³-hybridized carbons (Fsp3) is 0.0714. The van der Waals surface area contributed by atoms with Crippen molar-refractivity contribution in [2.45, 2.75) is 4.90 Å². The largest absolute Gasteiger partial charge is 0.323 e. The van der Waals surface area contributed by atoms with Crippen molar-refractivity contribution in [2.24, 2.45) is 0 Å². The summed E-state index contributed by atoms with van der Waals surface area (Å²) in [7, 11) is -3.92. The van der Waals surface area contributed by atoms with Crippen LogP contribution in [0, 0.1) is 0 Å². The highest BCUT2D eigenvalue weighted by atomic mass is 79.9. The lowest BCUT2D eigenvalue weighted by molar-refractivity contribution is -0.115. The summed E-state index contributed by atoms with van der Waals surface area (Å²) in [6.07, 6.45) is 0. The Morgan fingerprint density at radius 1 is 1.14 bits per heavy atom. The second-order valence-electron chi connectivity index (χ2n) is 4.63. The van der Waals surface area contributed by atoms with E-state index in [-0.39, 0.29) is 26.8 Å². The molecule has 5 nitrogen and oxygen atoms in total. The number of sulfonamides is 1. The van der Waals surface area contributed by atoms with E-state index >= 15 is 0 Å². The number of para-hydroxylation sites is 2. The van der Waals surface area contributed by atoms with Gasteiger partial charge in [0.1, 0.15) is 11.4 Å². The molecule has 8 heteroatoms. The quantitative estimate of drug-likeness (QED) is 0.840. The van der Waals surface area contributed by atoms with Gasteiger partial charge in [0, 0.05) is 0 Å². The lowest BCUT2D eigenvalue weighted by atomic mass is 10.2. The third-order valence-electron chi connectivity index (χ3n) is 3.22. The predicted molar refractivity (Wildman–Crippen MR) is 88.8 cm³/mol. The van der Waals surface area contributed by atoms with Gasteiger partial charge in [-0.05, 0) is 40.2 Å². The molecule has 2 aromatic carbocycles. The van der Waals surface area contributed by atoms with Gasteiger partial charge in [-0.25, -0.2) is 8.42 Å². The van der Waals surface area contributed by atoms with Gasteiger partial charge >= 0.3 is 0 Å². The Hall–Kier alpha value is -1.57. The minimum absolute atomic E-state index is 0.0181. The van der Waals surface area contributed by atoms with Crippen molar-refractivity contribution in [3.8, 4) is 0 Å². The number of hydrogen-bond acceptors (Lipinski definition) is 3. The number of amides is 1. The van der Waals surface area contributed by atoms with Crippen LogP contribution in [0.5, 0.6) is 0 Å². The van der Waals surface area contributed by atoms with E-state index in [1.54, 1.807) is 36.4 Å². The van der Waals surface area contributed by atoms with E-state index in [0.29, 0.717) is 11.4 Å². The molecule has 0 aromatic heterocycles. The summed E-state index contributed by atoms with van der Waals surface area (Å²) >= 11 is 9.18. The molecule has 1 N–H and O–H groups in total. The third-order valence-corrected chi connectivity index (χ3v) is 6.68. The van der Waals surface area contributed by atoms with Crippen molar-refractivity contribution >= 4 is 54.8 Å². The molecule has 0 saturated carbocycles. The molecule has 0 unspecified atom stereocenters. The van der Waals surface area contributed by atoms with Gasteiger partial charge in [-0.15, -0.1) is 0 Å². The molecule has 0 atom stereocenters. The molecule has 1 aliphatic heterocycles. The highest BCUT2D eigenvalue weighted by Crippen LogP contribution is 2.37. The third kappa shape index (κ3) is 2.49. The Bertz CT molecular complexity index is 870. The molecule has 22 heavy (non-hydrogen) atoms. The van der Waals surface area contributed by atoms with Crippen molar-refractivity contribution in [1.82, 2.24) is 0 Å². The van der Waals surface area contributed by atoms with E-state index in [9.17, 15) is 13.2 Å². The topological polar surface area (TPSA) is 66.5 Å². The SMILES string of the molecule is O=C1CN(S(=O)(=O)c2cccc(Cl)c2Br)c2ccccc2N1. The zero-order valence-corrected chi connectivity index (χ0v) is 14.2. The molecular formula is C14H10BrClN2O3S. The highest BCUT2D eigenvalue weighted by Gasteiger charge is 2.33. The summed E-state index contributed by atoms with van der Waals surface area (Å²) in [5.74, 6) is -0.388. The van der Waals surface area contributed by atoms with Crippen LogP contribution in [0.4, 0.5) is 11.4 Å². The number of halogens is 2. The lowest BCUT2D eigenvalue weighted by Gasteiger charge is -2.30. The molecule has 1 amide bonds. The summed E-state index contributed by atoms with van der Waals surface area (Å²) in [4.78, 5) is 11.8. The molecule has 1 heterocycles. The number of fused-ring (bicyclic) bond motifs is 1. The van der Waals surface area contributed by atoms with Crippen molar-refractivity contribution in [2.75, 3.05) is 16.2 Å². The zero-order valence-electron chi connectivity index (χ0n) is 11.1. The smallest absolute Gasteiger partial charge is 0.266 e. The Balaban J connectivity index is 2.18. The standard InChI is InChI=1S/C14H10BrClN2O3S/c15-14-9(16)4-3-7-12(14)22(20,21)18-8-13(19)17-10-5-1-2-6-11(10)18/h1-7H,8H2,(H,17,19). The molecule has 0 fully saturated rings. The van der Waals surface area contributed by atoms with Crippen LogP contribution in [0.25, 0.3) is 0 Å². The maximum atomic E-state index is 12.9. The summed E-state index contributed by atoms with van der Waals surface area (Å²) in [6.45, 7) is -0.279. The Morgan fingerprint density at radius 2 is 1.86 bits per heavy atom. The molecule has 3 rings (SSSR count). The van der Waals surface area contributed by atoms with Crippen molar-refractivity contribution < 1.29 is 13.2 Å². The van der Waals surface area contributed by atoms with Gasteiger partial charge in [0.15, 0.2) is 0 Å². The number of hydrogen-bond donors (Lipinski definition) is 1. The first-order valence-corrected chi connectivity index (χ1v) is 8.88. The second-order valence-corrected chi connectivity index (χ2v) is 7.66. The van der Waals surface area contributed by atoms with Gasteiger partial charge in [-0.3, -0.25) is 9.10 Å². The molecule has 0 saturated heterocycles. The molecule has 0 spiro atoms. The summed E-state index contributed by atoms with van der Waals surface area (Å²) in [5, 5.41) is 2.94. The first-order chi connectivity index (χ1) is 10.4. The van der Waals surface area contributed by atoms with Crippen LogP contribution >= 0.6 is 27.5 Å². The molecule has 0 radical (unpaired) electrons. The van der Waals surface area contributed by atoms with E-state index in [1.165, 1.54) is 6.07 Å². The first-order valence-electron chi connectivity index (χ1n) is 6.27. The number of carbonyl (C=O) groups is 1. The monoisotopic (exact) mass is 400 g/mol. The maximum Gasteiger partial charge on any atom is 0.266 e. The van der Waals surface area contributed by atoms with Crippen molar-refractivity contribution in [3.05, 3.63) is 52.0 Å². The maximum absolute atomic E-state index is 12.9. The normalized spacial score (nSPS) is 14.5. The van der Waals surface area contributed by atoms with Gasteiger partial charge in [0.2, 0.25) is 5.91 Å². The van der Waals surface area contributed by atoms with Crippen LogP contribution in [-0.4, -0.2) is 20.9 Å². The van der Waals surface area contributed by atoms with Crippen LogP contribution < -0.4 is 9.62 Å². The van der Waals surface area contributed by atoms with Crippen molar-refractivity contribution in [3.63, 3.8) is 0 Å². The fourth-order valence-corrected chi connectivity index (χ4v) is 4.86. The number of anilines is 2. The number of rotatable bonds is 2. The molecular weight excluding hydrogens is 392 g/mol. The zero-order chi connectivity index (χ0) is 15.9. The van der Waals surface area contributed by atoms with Crippen LogP contribution in [0.3, 0.4) is 0 Å². The highest BCUT2D eigenvalue weighted by molar-refractivity contribution is 9.10. The summed E-state index contributed by atoms with van der Waals surface area (Å²) < 4.78 is 27.2. The van der Waals surface area contributed by atoms with Gasteiger partial charge in [0.25, 0.3) is 10.0 Å². The molecule has 0 aliphatic carbocycles. The van der Waals surface area contributed by atoms with Gasteiger partial charge in [0.05, 0.1) is 20.9 Å². The van der Waals surface area contributed by atoms with Crippen LogP contribution in [0.1, 0.15) is 0 Å². The van der Waals surface area contributed by atoms with Crippen LogP contribution in [-0.2, 0) is 14.8 Å². The number of nitrogens with zero attached hydrogens (tertiary/aromatic N) is 1. The molecule has 0 bridgehead atoms. The Labute approximate surface area is 141 Å². The van der Waals surface area contributed by atoms with E-state index in [2.05, 4.69) is 21.2 Å². The van der Waals surface area contributed by atoms with Gasteiger partial charge < -0.3 is 5.32 Å². The van der Waals surface area contributed by atoms with Crippen LogP contribution in [0.15, 0.2) is 51.8 Å². The van der Waals surface area contributed by atoms with E-state index in [0.717, 1.165) is 4.31 Å². The minimum Gasteiger partial charge on any atom is -0.323 e. The Morgan fingerprint density at radius 3 is 2.64 bits per heavy atom. The summed E-state index contributed by atoms with van der Waals surface area (Å²) in [6, 6.07) is 11.3. The average Bonchev–Trinajstić information content (AvgIpc) is 2.49. The predicted octanol–water partition coefficient (Wildman–Crippen LogP) is 3.25. The number of benzene rings is 2. The fourth-order valence-electron chi connectivity index (χ4n) is 2.22. The van der Waals surface area contributed by atoms with E-state index < -0.39 is 10.0 Å². The molecule has 114 valence electrons. The van der Waals surface area contributed by atoms with Gasteiger partial charge in [-0.1, -0.05) is 29.8 Å². The number of carbonyl (C=O) groups excluding carboxylic acids is 1. The molecule has 1 aliphatic rings. The average molecular weight is 402 g/mol. The van der Waals surface area contributed by atoms with E-state index in [4.69, 9.17) is 11.6 Å². The minimum atomic E-state index is -3.92. The van der Waals surface area contributed by atoms with Crippen molar-refractivity contribution in [1.29, 1.82) is 0 Å². The van der Waals surface area contributed by atoms with E-state index in [1.807, 2.05) is 0 Å². The Kier molecular flexibility index (Phi) is 3.88. The molecule has 2 aromatic rings. The lowest BCUT2D eigenvalue weighted by Crippen LogP contribution is -2.42.